The number of pyridine rings is 1. The van der Waals surface area contributed by atoms with E-state index in [0.29, 0.717) is 22.5 Å². The van der Waals surface area contributed by atoms with Gasteiger partial charge in [0.05, 0.1) is 18.4 Å². The molecule has 0 radical (unpaired) electrons. The third-order valence-corrected chi connectivity index (χ3v) is 3.79. The Bertz CT molecular complexity index is 476. The molecule has 5 nitrogen and oxygen atoms in total. The van der Waals surface area contributed by atoms with Gasteiger partial charge in [-0.15, -0.1) is 0 Å². The Balaban J connectivity index is 2.24. The maximum atomic E-state index is 11.6. The SMILES string of the molecule is COC(=O)c1ccnc(N2CCC(C)(C)CC2)c1N. The van der Waals surface area contributed by atoms with Gasteiger partial charge in [-0.3, -0.25) is 0 Å². The first-order valence-electron chi connectivity index (χ1n) is 6.52. The van der Waals surface area contributed by atoms with Crippen molar-refractivity contribution in [3.05, 3.63) is 17.8 Å². The van der Waals surface area contributed by atoms with E-state index in [0.717, 1.165) is 25.9 Å². The van der Waals surface area contributed by atoms with Crippen LogP contribution in [0.5, 0.6) is 0 Å². The average Bonchev–Trinajstić information content (AvgIpc) is 2.39. The smallest absolute Gasteiger partial charge is 0.340 e. The zero-order valence-corrected chi connectivity index (χ0v) is 11.8. The van der Waals surface area contributed by atoms with Crippen LogP contribution in [0.25, 0.3) is 0 Å². The van der Waals surface area contributed by atoms with Gasteiger partial charge in [0, 0.05) is 19.3 Å². The number of aromatic nitrogens is 1. The molecule has 1 fully saturated rings. The molecule has 0 aliphatic carbocycles. The number of methoxy groups -OCH3 is 1. The molecular formula is C14H21N3O2. The van der Waals surface area contributed by atoms with Crippen LogP contribution in [-0.4, -0.2) is 31.2 Å². The summed E-state index contributed by atoms with van der Waals surface area (Å²) in [5.74, 6) is 0.275. The Kier molecular flexibility index (Phi) is 3.64. The van der Waals surface area contributed by atoms with Crippen molar-refractivity contribution >= 4 is 17.5 Å². The summed E-state index contributed by atoms with van der Waals surface area (Å²) in [4.78, 5) is 18.1. The highest BCUT2D eigenvalue weighted by atomic mass is 16.5. The molecule has 0 aromatic carbocycles. The summed E-state index contributed by atoms with van der Waals surface area (Å²) in [6.07, 6.45) is 3.80. The van der Waals surface area contributed by atoms with Gasteiger partial charge in [0.15, 0.2) is 5.82 Å². The van der Waals surface area contributed by atoms with E-state index in [-0.39, 0.29) is 0 Å². The van der Waals surface area contributed by atoms with Crippen molar-refractivity contribution in [1.29, 1.82) is 0 Å². The topological polar surface area (TPSA) is 68.5 Å². The van der Waals surface area contributed by atoms with Crippen molar-refractivity contribution in [1.82, 2.24) is 4.98 Å². The number of piperidine rings is 1. The quantitative estimate of drug-likeness (QED) is 0.827. The van der Waals surface area contributed by atoms with E-state index in [4.69, 9.17) is 10.5 Å². The van der Waals surface area contributed by atoms with Crippen LogP contribution < -0.4 is 10.6 Å². The van der Waals surface area contributed by atoms with E-state index in [9.17, 15) is 4.79 Å². The number of ether oxygens (including phenoxy) is 1. The van der Waals surface area contributed by atoms with E-state index >= 15 is 0 Å². The van der Waals surface area contributed by atoms with Gasteiger partial charge >= 0.3 is 5.97 Å². The Morgan fingerprint density at radius 2 is 2.05 bits per heavy atom. The lowest BCUT2D eigenvalue weighted by Gasteiger charge is -2.38. The summed E-state index contributed by atoms with van der Waals surface area (Å²) in [5.41, 5.74) is 7.22. The largest absolute Gasteiger partial charge is 0.465 e. The van der Waals surface area contributed by atoms with Crippen molar-refractivity contribution in [3.63, 3.8) is 0 Å². The predicted molar refractivity (Wildman–Crippen MR) is 75.2 cm³/mol. The third kappa shape index (κ3) is 2.80. The molecule has 2 heterocycles. The van der Waals surface area contributed by atoms with E-state index in [1.165, 1.54) is 7.11 Å². The Labute approximate surface area is 113 Å². The fourth-order valence-electron chi connectivity index (χ4n) is 2.33. The van der Waals surface area contributed by atoms with E-state index in [1.54, 1.807) is 12.3 Å². The van der Waals surface area contributed by atoms with Crippen molar-refractivity contribution in [3.8, 4) is 0 Å². The molecule has 5 heteroatoms. The number of nitrogens with zero attached hydrogens (tertiary/aromatic N) is 2. The lowest BCUT2D eigenvalue weighted by molar-refractivity contribution is 0.0602. The maximum absolute atomic E-state index is 11.6. The number of carbonyl (C=O) groups excluding carboxylic acids is 1. The van der Waals surface area contributed by atoms with Crippen molar-refractivity contribution < 1.29 is 9.53 Å². The van der Waals surface area contributed by atoms with Gasteiger partial charge in [-0.25, -0.2) is 9.78 Å². The van der Waals surface area contributed by atoms with Crippen LogP contribution in [0, 0.1) is 5.41 Å². The van der Waals surface area contributed by atoms with Crippen LogP contribution in [0.3, 0.4) is 0 Å². The molecular weight excluding hydrogens is 242 g/mol. The molecule has 0 spiro atoms. The molecule has 104 valence electrons. The summed E-state index contributed by atoms with van der Waals surface area (Å²) in [6, 6.07) is 1.60. The highest BCUT2D eigenvalue weighted by molar-refractivity contribution is 5.97. The average molecular weight is 263 g/mol. The fraction of sp³-hybridized carbons (Fsp3) is 0.571. The normalized spacial score (nSPS) is 18.2. The van der Waals surface area contributed by atoms with Crippen molar-refractivity contribution in [2.45, 2.75) is 26.7 Å². The highest BCUT2D eigenvalue weighted by Crippen LogP contribution is 2.34. The minimum absolute atomic E-state index is 0.366. The second-order valence-electron chi connectivity index (χ2n) is 5.74. The first-order chi connectivity index (χ1) is 8.94. The number of hydrogen-bond donors (Lipinski definition) is 1. The zero-order valence-electron chi connectivity index (χ0n) is 11.8. The maximum Gasteiger partial charge on any atom is 0.340 e. The summed E-state index contributed by atoms with van der Waals surface area (Å²) >= 11 is 0. The molecule has 2 rings (SSSR count). The Morgan fingerprint density at radius 3 is 2.63 bits per heavy atom. The van der Waals surface area contributed by atoms with Gasteiger partial charge in [0.25, 0.3) is 0 Å². The first-order valence-corrected chi connectivity index (χ1v) is 6.52. The van der Waals surface area contributed by atoms with Crippen LogP contribution in [-0.2, 0) is 4.74 Å². The molecule has 0 bridgehead atoms. The van der Waals surface area contributed by atoms with Crippen LogP contribution in [0.15, 0.2) is 12.3 Å². The summed E-state index contributed by atoms with van der Waals surface area (Å²) in [6.45, 7) is 6.36. The number of nitrogen functional groups attached to an aromatic ring is 1. The molecule has 19 heavy (non-hydrogen) atoms. The molecule has 1 aliphatic heterocycles. The molecule has 0 saturated carbocycles. The lowest BCUT2D eigenvalue weighted by Crippen LogP contribution is -2.38. The molecule has 2 N–H and O–H groups in total. The molecule has 1 aromatic heterocycles. The monoisotopic (exact) mass is 263 g/mol. The molecule has 1 saturated heterocycles. The lowest BCUT2D eigenvalue weighted by atomic mass is 9.82. The molecule has 0 atom stereocenters. The van der Waals surface area contributed by atoms with Gasteiger partial charge in [-0.2, -0.15) is 0 Å². The number of carbonyl (C=O) groups is 1. The molecule has 1 aromatic rings. The first kappa shape index (κ1) is 13.6. The molecule has 0 amide bonds. The zero-order chi connectivity index (χ0) is 14.0. The van der Waals surface area contributed by atoms with E-state index in [2.05, 4.69) is 23.7 Å². The standard InChI is InChI=1S/C14H21N3O2/c1-14(2)5-8-17(9-6-14)12-11(15)10(4-7-16-12)13(18)19-3/h4,7H,5-6,8-9,15H2,1-3H3. The third-order valence-electron chi connectivity index (χ3n) is 3.79. The number of nitrogens with two attached hydrogens (primary N) is 1. The fourth-order valence-corrected chi connectivity index (χ4v) is 2.33. The van der Waals surface area contributed by atoms with Gasteiger partial charge < -0.3 is 15.4 Å². The molecule has 1 aliphatic rings. The van der Waals surface area contributed by atoms with E-state index in [1.807, 2.05) is 0 Å². The van der Waals surface area contributed by atoms with Crippen LogP contribution >= 0.6 is 0 Å². The Morgan fingerprint density at radius 1 is 1.42 bits per heavy atom. The number of hydrogen-bond acceptors (Lipinski definition) is 5. The summed E-state index contributed by atoms with van der Waals surface area (Å²) in [7, 11) is 1.35. The number of esters is 1. The molecule has 0 unspecified atom stereocenters. The number of rotatable bonds is 2. The van der Waals surface area contributed by atoms with Crippen molar-refractivity contribution in [2.75, 3.05) is 30.8 Å². The minimum atomic E-state index is -0.418. The summed E-state index contributed by atoms with van der Waals surface area (Å²) < 4.78 is 4.73. The van der Waals surface area contributed by atoms with E-state index < -0.39 is 5.97 Å². The van der Waals surface area contributed by atoms with Gasteiger partial charge in [-0.05, 0) is 24.3 Å². The summed E-state index contributed by atoms with van der Waals surface area (Å²) in [5, 5.41) is 0. The number of anilines is 2. The Hall–Kier alpha value is -1.78. The highest BCUT2D eigenvalue weighted by Gasteiger charge is 2.27. The van der Waals surface area contributed by atoms with Crippen LogP contribution in [0.1, 0.15) is 37.0 Å². The van der Waals surface area contributed by atoms with Crippen LogP contribution in [0.2, 0.25) is 0 Å². The predicted octanol–water partition coefficient (Wildman–Crippen LogP) is 2.08. The van der Waals surface area contributed by atoms with Crippen LogP contribution in [0.4, 0.5) is 11.5 Å². The van der Waals surface area contributed by atoms with Crippen molar-refractivity contribution in [2.24, 2.45) is 5.41 Å². The van der Waals surface area contributed by atoms with Gasteiger partial charge in [-0.1, -0.05) is 13.8 Å². The second kappa shape index (κ2) is 5.07. The van der Waals surface area contributed by atoms with Gasteiger partial charge in [0.2, 0.25) is 0 Å². The van der Waals surface area contributed by atoms with Gasteiger partial charge in [0.1, 0.15) is 0 Å². The second-order valence-corrected chi connectivity index (χ2v) is 5.74. The minimum Gasteiger partial charge on any atom is -0.465 e.